The van der Waals surface area contributed by atoms with Crippen LogP contribution in [0.3, 0.4) is 0 Å². The molecule has 1 heterocycles. The molecule has 1 atom stereocenters. The van der Waals surface area contributed by atoms with E-state index in [0.29, 0.717) is 5.02 Å². The summed E-state index contributed by atoms with van der Waals surface area (Å²) in [5.41, 5.74) is 1.08. The van der Waals surface area contributed by atoms with Crippen molar-refractivity contribution in [3.8, 4) is 11.8 Å². The van der Waals surface area contributed by atoms with Crippen molar-refractivity contribution >= 4 is 11.6 Å². The highest BCUT2D eigenvalue weighted by Crippen LogP contribution is 2.23. The molecule has 0 radical (unpaired) electrons. The summed E-state index contributed by atoms with van der Waals surface area (Å²) in [7, 11) is 0. The topological polar surface area (TPSA) is 24.9 Å². The van der Waals surface area contributed by atoms with Crippen LogP contribution < -0.4 is 5.32 Å². The third-order valence-corrected chi connectivity index (χ3v) is 2.62. The van der Waals surface area contributed by atoms with Gasteiger partial charge in [0.05, 0.1) is 5.02 Å². The second-order valence-corrected chi connectivity index (χ2v) is 3.94. The number of nitrogens with one attached hydrogen (secondary N) is 1. The number of nitrogens with zero attached hydrogens (tertiary/aromatic N) is 1. The van der Waals surface area contributed by atoms with Gasteiger partial charge in [0, 0.05) is 24.9 Å². The van der Waals surface area contributed by atoms with Gasteiger partial charge in [-0.25, -0.2) is 0 Å². The highest BCUT2D eigenvalue weighted by Gasteiger charge is 2.12. The molecule has 1 N–H and O–H groups in total. The molecule has 1 unspecified atom stereocenters. The van der Waals surface area contributed by atoms with Gasteiger partial charge in [-0.1, -0.05) is 18.5 Å². The van der Waals surface area contributed by atoms with Crippen molar-refractivity contribution in [2.24, 2.45) is 0 Å². The summed E-state index contributed by atoms with van der Waals surface area (Å²) in [6.07, 6.45) is 5.32. The van der Waals surface area contributed by atoms with E-state index in [1.165, 1.54) is 0 Å². The SMILES string of the molecule is CC#CCC(NCCC)c1ccncc1Cl. The largest absolute Gasteiger partial charge is 0.309 e. The van der Waals surface area contributed by atoms with E-state index in [2.05, 4.69) is 29.1 Å². The van der Waals surface area contributed by atoms with E-state index in [9.17, 15) is 0 Å². The zero-order chi connectivity index (χ0) is 11.8. The number of pyridine rings is 1. The number of halogens is 1. The smallest absolute Gasteiger partial charge is 0.0637 e. The van der Waals surface area contributed by atoms with E-state index in [-0.39, 0.29) is 6.04 Å². The lowest BCUT2D eigenvalue weighted by Gasteiger charge is -2.17. The summed E-state index contributed by atoms with van der Waals surface area (Å²) in [6, 6.07) is 2.15. The van der Waals surface area contributed by atoms with E-state index >= 15 is 0 Å². The minimum atomic E-state index is 0.197. The van der Waals surface area contributed by atoms with E-state index in [1.54, 1.807) is 12.4 Å². The lowest BCUT2D eigenvalue weighted by atomic mass is 10.1. The molecule has 0 amide bonds. The van der Waals surface area contributed by atoms with Crippen LogP contribution in [0.1, 0.15) is 38.3 Å². The third kappa shape index (κ3) is 3.84. The van der Waals surface area contributed by atoms with Gasteiger partial charge in [-0.2, -0.15) is 0 Å². The molecule has 0 saturated carbocycles. The average Bonchev–Trinajstić information content (AvgIpc) is 2.31. The van der Waals surface area contributed by atoms with Crippen LogP contribution in [0.25, 0.3) is 0 Å². The molecule has 1 aromatic rings. The maximum atomic E-state index is 6.13. The Morgan fingerprint density at radius 1 is 1.56 bits per heavy atom. The summed E-state index contributed by atoms with van der Waals surface area (Å²) in [4.78, 5) is 3.99. The highest BCUT2D eigenvalue weighted by molar-refractivity contribution is 6.31. The number of hydrogen-bond donors (Lipinski definition) is 1. The monoisotopic (exact) mass is 236 g/mol. The van der Waals surface area contributed by atoms with E-state index in [1.807, 2.05) is 13.0 Å². The Hall–Kier alpha value is -1.04. The van der Waals surface area contributed by atoms with Crippen LogP contribution in [0.15, 0.2) is 18.5 Å². The summed E-state index contributed by atoms with van der Waals surface area (Å²) in [5.74, 6) is 6.01. The minimum Gasteiger partial charge on any atom is -0.309 e. The molecule has 3 heteroatoms. The molecule has 0 aliphatic carbocycles. The fraction of sp³-hybridized carbons (Fsp3) is 0.462. The Morgan fingerprint density at radius 2 is 2.38 bits per heavy atom. The third-order valence-electron chi connectivity index (χ3n) is 2.30. The van der Waals surface area contributed by atoms with Gasteiger partial charge in [-0.3, -0.25) is 4.98 Å². The Morgan fingerprint density at radius 3 is 3.00 bits per heavy atom. The quantitative estimate of drug-likeness (QED) is 0.795. The second-order valence-electron chi connectivity index (χ2n) is 3.53. The molecule has 0 bridgehead atoms. The van der Waals surface area contributed by atoms with Crippen LogP contribution in [0.4, 0.5) is 0 Å². The van der Waals surface area contributed by atoms with Crippen LogP contribution in [-0.2, 0) is 0 Å². The predicted octanol–water partition coefficient (Wildman–Crippen LogP) is 3.19. The maximum absolute atomic E-state index is 6.13. The van der Waals surface area contributed by atoms with Crippen LogP contribution in [0.2, 0.25) is 5.02 Å². The standard InChI is InChI=1S/C13H17ClN2/c1-3-5-6-13(16-8-4-2)11-7-9-15-10-12(11)14/h7,9-10,13,16H,4,6,8H2,1-2H3. The van der Waals surface area contributed by atoms with E-state index in [4.69, 9.17) is 11.6 Å². The summed E-state index contributed by atoms with van der Waals surface area (Å²) in [6.45, 7) is 4.96. The lowest BCUT2D eigenvalue weighted by molar-refractivity contribution is 0.542. The molecule has 16 heavy (non-hydrogen) atoms. The minimum absolute atomic E-state index is 0.197. The van der Waals surface area contributed by atoms with Gasteiger partial charge in [-0.15, -0.1) is 11.8 Å². The Balaban J connectivity index is 2.81. The van der Waals surface area contributed by atoms with Gasteiger partial charge in [0.2, 0.25) is 0 Å². The van der Waals surface area contributed by atoms with Crippen molar-refractivity contribution in [1.29, 1.82) is 0 Å². The summed E-state index contributed by atoms with van der Waals surface area (Å²) < 4.78 is 0. The summed E-state index contributed by atoms with van der Waals surface area (Å²) >= 11 is 6.13. The van der Waals surface area contributed by atoms with Crippen molar-refractivity contribution < 1.29 is 0 Å². The van der Waals surface area contributed by atoms with Crippen molar-refractivity contribution in [3.05, 3.63) is 29.0 Å². The van der Waals surface area contributed by atoms with Gasteiger partial charge < -0.3 is 5.32 Å². The van der Waals surface area contributed by atoms with Crippen LogP contribution in [0, 0.1) is 11.8 Å². The van der Waals surface area contributed by atoms with Crippen molar-refractivity contribution in [2.45, 2.75) is 32.7 Å². The first kappa shape index (κ1) is 13.0. The Labute approximate surface area is 102 Å². The molecule has 0 fully saturated rings. The zero-order valence-electron chi connectivity index (χ0n) is 9.76. The summed E-state index contributed by atoms with van der Waals surface area (Å²) in [5, 5.41) is 4.15. The molecule has 0 aromatic carbocycles. The number of rotatable bonds is 5. The highest BCUT2D eigenvalue weighted by atomic mass is 35.5. The zero-order valence-corrected chi connectivity index (χ0v) is 10.5. The predicted molar refractivity (Wildman–Crippen MR) is 68.3 cm³/mol. The second kappa shape index (κ2) is 7.27. The molecule has 0 spiro atoms. The molecule has 86 valence electrons. The first-order valence-electron chi connectivity index (χ1n) is 5.52. The van der Waals surface area contributed by atoms with Crippen molar-refractivity contribution in [2.75, 3.05) is 6.54 Å². The van der Waals surface area contributed by atoms with Gasteiger partial charge in [-0.05, 0) is 31.5 Å². The van der Waals surface area contributed by atoms with Gasteiger partial charge in [0.15, 0.2) is 0 Å². The number of hydrogen-bond acceptors (Lipinski definition) is 2. The first-order chi connectivity index (χ1) is 7.79. The molecule has 0 aliphatic rings. The fourth-order valence-corrected chi connectivity index (χ4v) is 1.73. The van der Waals surface area contributed by atoms with Gasteiger partial charge in [0.1, 0.15) is 0 Å². The maximum Gasteiger partial charge on any atom is 0.0637 e. The average molecular weight is 237 g/mol. The Bertz CT molecular complexity index is 379. The molecule has 0 aliphatic heterocycles. The van der Waals surface area contributed by atoms with Crippen LogP contribution >= 0.6 is 11.6 Å². The van der Waals surface area contributed by atoms with Gasteiger partial charge >= 0.3 is 0 Å². The fourth-order valence-electron chi connectivity index (χ4n) is 1.48. The van der Waals surface area contributed by atoms with Crippen molar-refractivity contribution in [1.82, 2.24) is 10.3 Å². The van der Waals surface area contributed by atoms with Crippen molar-refractivity contribution in [3.63, 3.8) is 0 Å². The molecule has 0 saturated heterocycles. The Kier molecular flexibility index (Phi) is 5.92. The normalized spacial score (nSPS) is 11.7. The van der Waals surface area contributed by atoms with Crippen LogP contribution in [-0.4, -0.2) is 11.5 Å². The lowest BCUT2D eigenvalue weighted by Crippen LogP contribution is -2.22. The van der Waals surface area contributed by atoms with Crippen LogP contribution in [0.5, 0.6) is 0 Å². The van der Waals surface area contributed by atoms with E-state index in [0.717, 1.165) is 24.9 Å². The van der Waals surface area contributed by atoms with E-state index < -0.39 is 0 Å². The molecular formula is C13H17ClN2. The molecule has 1 rings (SSSR count). The first-order valence-corrected chi connectivity index (χ1v) is 5.89. The number of aromatic nitrogens is 1. The molecular weight excluding hydrogens is 220 g/mol. The molecule has 1 aromatic heterocycles. The van der Waals surface area contributed by atoms with Gasteiger partial charge in [0.25, 0.3) is 0 Å². The molecule has 2 nitrogen and oxygen atoms in total.